The number of benzene rings is 3. The summed E-state index contributed by atoms with van der Waals surface area (Å²) in [5.41, 5.74) is 8.70. The molecule has 0 saturated heterocycles. The summed E-state index contributed by atoms with van der Waals surface area (Å²) in [7, 11) is 0. The maximum absolute atomic E-state index is 12.1. The van der Waals surface area contributed by atoms with Crippen molar-refractivity contribution in [2.24, 2.45) is 5.73 Å². The van der Waals surface area contributed by atoms with E-state index < -0.39 is 18.0 Å². The number of carbonyl (C=O) groups is 2. The molecule has 0 aliphatic rings. The number of carbonyl (C=O) groups excluding carboxylic acids is 2. The van der Waals surface area contributed by atoms with Gasteiger partial charge in [-0.05, 0) is 35.2 Å². The fraction of sp³-hybridized carbons (Fsp3) is 0.167. The van der Waals surface area contributed by atoms with Gasteiger partial charge in [0.2, 0.25) is 5.91 Å². The molecule has 6 nitrogen and oxygen atoms in total. The predicted molar refractivity (Wildman–Crippen MR) is 114 cm³/mol. The zero-order valence-electron chi connectivity index (χ0n) is 16.5. The van der Waals surface area contributed by atoms with Gasteiger partial charge in [0.25, 0.3) is 0 Å². The molecular formula is C24H24N2O4. The highest BCUT2D eigenvalue weighted by atomic mass is 16.5. The van der Waals surface area contributed by atoms with Gasteiger partial charge in [-0.25, -0.2) is 4.79 Å². The number of hydrogen-bond acceptors (Lipinski definition) is 5. The average molecular weight is 404 g/mol. The van der Waals surface area contributed by atoms with E-state index in [-0.39, 0.29) is 13.0 Å². The van der Waals surface area contributed by atoms with E-state index in [1.807, 2.05) is 84.9 Å². The Hall–Kier alpha value is -3.64. The van der Waals surface area contributed by atoms with Gasteiger partial charge in [0, 0.05) is 0 Å². The molecule has 6 heteroatoms. The fourth-order valence-electron chi connectivity index (χ4n) is 2.76. The second-order valence-corrected chi connectivity index (χ2v) is 6.78. The average Bonchev–Trinajstić information content (AvgIpc) is 2.78. The molecule has 0 spiro atoms. The zero-order chi connectivity index (χ0) is 21.2. The molecule has 3 aromatic rings. The van der Waals surface area contributed by atoms with Crippen LogP contribution in [0.3, 0.4) is 0 Å². The summed E-state index contributed by atoms with van der Waals surface area (Å²) < 4.78 is 10.8. The maximum atomic E-state index is 12.1. The first-order valence-electron chi connectivity index (χ1n) is 9.63. The van der Waals surface area contributed by atoms with E-state index in [2.05, 4.69) is 5.32 Å². The van der Waals surface area contributed by atoms with Gasteiger partial charge < -0.3 is 15.2 Å². The van der Waals surface area contributed by atoms with E-state index in [0.717, 1.165) is 22.4 Å². The molecule has 1 atom stereocenters. The van der Waals surface area contributed by atoms with Crippen molar-refractivity contribution in [2.45, 2.75) is 25.7 Å². The third-order valence-corrected chi connectivity index (χ3v) is 4.40. The number of alkyl carbamates (subject to hydrolysis) is 1. The van der Waals surface area contributed by atoms with Crippen LogP contribution in [0.5, 0.6) is 5.75 Å². The molecule has 0 aliphatic heterocycles. The summed E-state index contributed by atoms with van der Waals surface area (Å²) in [6.07, 6.45) is -0.527. The molecule has 0 fully saturated rings. The van der Waals surface area contributed by atoms with E-state index in [9.17, 15) is 9.59 Å². The van der Waals surface area contributed by atoms with Crippen molar-refractivity contribution >= 4 is 12.0 Å². The van der Waals surface area contributed by atoms with Crippen LogP contribution in [0.15, 0.2) is 84.9 Å². The third-order valence-electron chi connectivity index (χ3n) is 4.40. The highest BCUT2D eigenvalue weighted by molar-refractivity contribution is 5.94. The second-order valence-electron chi connectivity index (χ2n) is 6.78. The Bertz CT molecular complexity index is 944. The number of ether oxygens (including phenoxy) is 2. The number of nitrogens with one attached hydrogen (secondary N) is 1. The van der Waals surface area contributed by atoms with E-state index in [1.165, 1.54) is 0 Å². The van der Waals surface area contributed by atoms with Crippen molar-refractivity contribution in [2.75, 3.05) is 0 Å². The molecular weight excluding hydrogens is 380 g/mol. The third kappa shape index (κ3) is 6.76. The molecule has 0 heterocycles. The Kier molecular flexibility index (Phi) is 7.58. The monoisotopic (exact) mass is 404 g/mol. The standard InChI is InChI=1S/C24H24N2O4/c25-22(23(27)26-24(28)30-17-20-9-5-2-6-10-20)15-18-11-13-21(14-12-18)29-16-19-7-3-1-4-8-19/h1-14,22H,15-17,25H2,(H,26,27,28)/t22-/m0/s1. The number of amides is 2. The fourth-order valence-corrected chi connectivity index (χ4v) is 2.76. The van der Waals surface area contributed by atoms with Crippen LogP contribution in [-0.2, 0) is 29.2 Å². The minimum absolute atomic E-state index is 0.0830. The van der Waals surface area contributed by atoms with Crippen molar-refractivity contribution in [1.82, 2.24) is 5.32 Å². The van der Waals surface area contributed by atoms with Gasteiger partial charge in [-0.2, -0.15) is 0 Å². The topological polar surface area (TPSA) is 90.6 Å². The Morgan fingerprint density at radius 3 is 1.93 bits per heavy atom. The largest absolute Gasteiger partial charge is 0.489 e. The van der Waals surface area contributed by atoms with E-state index >= 15 is 0 Å². The van der Waals surface area contributed by atoms with Crippen molar-refractivity contribution in [3.05, 3.63) is 102 Å². The minimum Gasteiger partial charge on any atom is -0.489 e. The van der Waals surface area contributed by atoms with Crippen LogP contribution in [0.25, 0.3) is 0 Å². The number of nitrogens with two attached hydrogens (primary N) is 1. The summed E-state index contributed by atoms with van der Waals surface area (Å²) in [5.74, 6) is 0.141. The second kappa shape index (κ2) is 10.8. The number of imide groups is 1. The highest BCUT2D eigenvalue weighted by Crippen LogP contribution is 2.15. The lowest BCUT2D eigenvalue weighted by Gasteiger charge is -2.12. The quantitative estimate of drug-likeness (QED) is 0.599. The summed E-state index contributed by atoms with van der Waals surface area (Å²) >= 11 is 0. The lowest BCUT2D eigenvalue weighted by molar-refractivity contribution is -0.121. The summed E-state index contributed by atoms with van der Waals surface area (Å²) in [4.78, 5) is 23.9. The number of hydrogen-bond donors (Lipinski definition) is 2. The molecule has 154 valence electrons. The van der Waals surface area contributed by atoms with Crippen molar-refractivity contribution in [3.63, 3.8) is 0 Å². The SMILES string of the molecule is N[C@@H](Cc1ccc(OCc2ccccc2)cc1)C(=O)NC(=O)OCc1ccccc1. The lowest BCUT2D eigenvalue weighted by atomic mass is 10.1. The molecule has 2 amide bonds. The lowest BCUT2D eigenvalue weighted by Crippen LogP contribution is -2.44. The molecule has 3 rings (SSSR count). The van der Waals surface area contributed by atoms with Gasteiger partial charge in [-0.15, -0.1) is 0 Å². The van der Waals surface area contributed by atoms with Gasteiger partial charge >= 0.3 is 6.09 Å². The van der Waals surface area contributed by atoms with E-state index in [0.29, 0.717) is 6.61 Å². The Morgan fingerprint density at radius 2 is 1.33 bits per heavy atom. The van der Waals surface area contributed by atoms with Crippen LogP contribution in [0.1, 0.15) is 16.7 Å². The van der Waals surface area contributed by atoms with Crippen molar-refractivity contribution in [1.29, 1.82) is 0 Å². The van der Waals surface area contributed by atoms with Crippen LogP contribution in [0.2, 0.25) is 0 Å². The minimum atomic E-state index is -0.870. The summed E-state index contributed by atoms with van der Waals surface area (Å²) in [5, 5.41) is 2.17. The predicted octanol–water partition coefficient (Wildman–Crippen LogP) is 3.59. The van der Waals surface area contributed by atoms with Gasteiger partial charge in [0.05, 0.1) is 6.04 Å². The molecule has 0 unspecified atom stereocenters. The molecule has 3 N–H and O–H groups in total. The van der Waals surface area contributed by atoms with E-state index in [1.54, 1.807) is 0 Å². The van der Waals surface area contributed by atoms with Crippen LogP contribution in [-0.4, -0.2) is 18.0 Å². The molecule has 3 aromatic carbocycles. The van der Waals surface area contributed by atoms with Gasteiger partial charge in [-0.1, -0.05) is 72.8 Å². The smallest absolute Gasteiger partial charge is 0.414 e. The first-order valence-corrected chi connectivity index (χ1v) is 9.63. The molecule has 0 aliphatic carbocycles. The summed E-state index contributed by atoms with van der Waals surface area (Å²) in [6, 6.07) is 25.6. The molecule has 0 bridgehead atoms. The van der Waals surface area contributed by atoms with Crippen LogP contribution in [0, 0.1) is 0 Å². The molecule has 0 saturated carbocycles. The number of rotatable bonds is 8. The first-order chi connectivity index (χ1) is 14.6. The Balaban J connectivity index is 1.42. The highest BCUT2D eigenvalue weighted by Gasteiger charge is 2.17. The Labute approximate surface area is 175 Å². The van der Waals surface area contributed by atoms with E-state index in [4.69, 9.17) is 15.2 Å². The van der Waals surface area contributed by atoms with Crippen molar-refractivity contribution < 1.29 is 19.1 Å². The van der Waals surface area contributed by atoms with Crippen LogP contribution in [0.4, 0.5) is 4.79 Å². The molecule has 0 radical (unpaired) electrons. The maximum Gasteiger partial charge on any atom is 0.414 e. The van der Waals surface area contributed by atoms with Crippen LogP contribution < -0.4 is 15.8 Å². The van der Waals surface area contributed by atoms with Gasteiger partial charge in [0.15, 0.2) is 0 Å². The summed E-state index contributed by atoms with van der Waals surface area (Å²) in [6.45, 7) is 0.562. The van der Waals surface area contributed by atoms with Gasteiger partial charge in [0.1, 0.15) is 19.0 Å². The molecule has 0 aromatic heterocycles. The zero-order valence-corrected chi connectivity index (χ0v) is 16.5. The Morgan fingerprint density at radius 1 is 0.767 bits per heavy atom. The van der Waals surface area contributed by atoms with Gasteiger partial charge in [-0.3, -0.25) is 10.1 Å². The molecule has 30 heavy (non-hydrogen) atoms. The van der Waals surface area contributed by atoms with Crippen LogP contribution >= 0.6 is 0 Å². The first kappa shape index (κ1) is 21.1. The van der Waals surface area contributed by atoms with Crippen molar-refractivity contribution in [3.8, 4) is 5.75 Å². The normalized spacial score (nSPS) is 11.4.